The summed E-state index contributed by atoms with van der Waals surface area (Å²) in [7, 11) is 0. The SMILES string of the molecule is CCc1nccn1CCOc1ccccc1N. The van der Waals surface area contributed by atoms with Gasteiger partial charge in [0.2, 0.25) is 0 Å². The topological polar surface area (TPSA) is 53.1 Å². The summed E-state index contributed by atoms with van der Waals surface area (Å²) in [6.07, 6.45) is 4.72. The fourth-order valence-corrected chi connectivity index (χ4v) is 1.72. The highest BCUT2D eigenvalue weighted by Crippen LogP contribution is 2.19. The molecule has 0 amide bonds. The first-order valence-corrected chi connectivity index (χ1v) is 5.78. The first-order chi connectivity index (χ1) is 8.31. The largest absolute Gasteiger partial charge is 0.490 e. The average Bonchev–Trinajstić information content (AvgIpc) is 2.79. The Morgan fingerprint density at radius 2 is 2.18 bits per heavy atom. The van der Waals surface area contributed by atoms with E-state index in [2.05, 4.69) is 16.5 Å². The summed E-state index contributed by atoms with van der Waals surface area (Å²) in [5.74, 6) is 1.82. The summed E-state index contributed by atoms with van der Waals surface area (Å²) in [6.45, 7) is 3.48. The Bertz CT molecular complexity index is 479. The highest BCUT2D eigenvalue weighted by atomic mass is 16.5. The van der Waals surface area contributed by atoms with Crippen LogP contribution in [-0.4, -0.2) is 16.2 Å². The molecule has 0 spiro atoms. The van der Waals surface area contributed by atoms with Crippen molar-refractivity contribution in [3.8, 4) is 5.75 Å². The molecule has 0 unspecified atom stereocenters. The molecule has 2 rings (SSSR count). The summed E-state index contributed by atoms with van der Waals surface area (Å²) < 4.78 is 7.73. The van der Waals surface area contributed by atoms with Crippen molar-refractivity contribution in [3.05, 3.63) is 42.5 Å². The van der Waals surface area contributed by atoms with E-state index in [1.807, 2.05) is 36.7 Å². The number of ether oxygens (including phenoxy) is 1. The predicted octanol–water partition coefficient (Wildman–Crippen LogP) is 2.11. The molecule has 0 bridgehead atoms. The fourth-order valence-electron chi connectivity index (χ4n) is 1.72. The molecular formula is C13H17N3O. The lowest BCUT2D eigenvalue weighted by Gasteiger charge is -2.10. The quantitative estimate of drug-likeness (QED) is 0.802. The molecule has 1 aromatic heterocycles. The maximum Gasteiger partial charge on any atom is 0.142 e. The van der Waals surface area contributed by atoms with E-state index in [0.29, 0.717) is 12.3 Å². The number of rotatable bonds is 5. The molecule has 4 nitrogen and oxygen atoms in total. The number of imidazole rings is 1. The van der Waals surface area contributed by atoms with Gasteiger partial charge in [-0.1, -0.05) is 19.1 Å². The lowest BCUT2D eigenvalue weighted by atomic mass is 10.3. The van der Waals surface area contributed by atoms with Crippen LogP contribution >= 0.6 is 0 Å². The van der Waals surface area contributed by atoms with Gasteiger partial charge in [-0.15, -0.1) is 0 Å². The second-order valence-electron chi connectivity index (χ2n) is 3.78. The number of aryl methyl sites for hydroxylation is 1. The van der Waals surface area contributed by atoms with Crippen LogP contribution in [0, 0.1) is 0 Å². The number of hydrogen-bond donors (Lipinski definition) is 1. The predicted molar refractivity (Wildman–Crippen MR) is 68.0 cm³/mol. The molecule has 90 valence electrons. The normalized spacial score (nSPS) is 10.4. The molecule has 17 heavy (non-hydrogen) atoms. The molecular weight excluding hydrogens is 214 g/mol. The molecule has 0 aliphatic heterocycles. The number of nitrogens with two attached hydrogens (primary N) is 1. The van der Waals surface area contributed by atoms with Crippen molar-refractivity contribution in [3.63, 3.8) is 0 Å². The minimum absolute atomic E-state index is 0.595. The third-order valence-electron chi connectivity index (χ3n) is 2.63. The standard InChI is InChI=1S/C13H17N3O/c1-2-13-15-7-8-16(13)9-10-17-12-6-4-3-5-11(12)14/h3-8H,2,9-10,14H2,1H3. The Labute approximate surface area is 101 Å². The molecule has 4 heteroatoms. The zero-order valence-corrected chi connectivity index (χ0v) is 9.97. The third kappa shape index (κ3) is 2.78. The van der Waals surface area contributed by atoms with E-state index < -0.39 is 0 Å². The van der Waals surface area contributed by atoms with E-state index in [-0.39, 0.29) is 0 Å². The van der Waals surface area contributed by atoms with Gasteiger partial charge in [-0.2, -0.15) is 0 Å². The number of benzene rings is 1. The van der Waals surface area contributed by atoms with Crippen LogP contribution in [0.1, 0.15) is 12.7 Å². The van der Waals surface area contributed by atoms with Crippen molar-refractivity contribution in [1.29, 1.82) is 0 Å². The zero-order chi connectivity index (χ0) is 12.1. The first kappa shape index (κ1) is 11.5. The number of para-hydroxylation sites is 2. The number of hydrogen-bond acceptors (Lipinski definition) is 3. The Hall–Kier alpha value is -1.97. The fraction of sp³-hybridized carbons (Fsp3) is 0.308. The molecule has 0 saturated carbocycles. The van der Waals surface area contributed by atoms with Gasteiger partial charge in [0, 0.05) is 18.8 Å². The van der Waals surface area contributed by atoms with Crippen molar-refractivity contribution < 1.29 is 4.74 Å². The smallest absolute Gasteiger partial charge is 0.142 e. The molecule has 1 heterocycles. The maximum absolute atomic E-state index is 5.79. The molecule has 2 N–H and O–H groups in total. The highest BCUT2D eigenvalue weighted by molar-refractivity contribution is 5.51. The zero-order valence-electron chi connectivity index (χ0n) is 9.97. The Morgan fingerprint density at radius 3 is 2.94 bits per heavy atom. The van der Waals surface area contributed by atoms with E-state index in [1.165, 1.54) is 0 Å². The second-order valence-corrected chi connectivity index (χ2v) is 3.78. The van der Waals surface area contributed by atoms with Crippen LogP contribution < -0.4 is 10.5 Å². The minimum Gasteiger partial charge on any atom is -0.490 e. The number of aromatic nitrogens is 2. The van der Waals surface area contributed by atoms with Crippen molar-refractivity contribution in [2.24, 2.45) is 0 Å². The summed E-state index contributed by atoms with van der Waals surface area (Å²) >= 11 is 0. The van der Waals surface area contributed by atoms with Crippen LogP contribution in [0.5, 0.6) is 5.75 Å². The Balaban J connectivity index is 1.90. The van der Waals surface area contributed by atoms with E-state index in [1.54, 1.807) is 0 Å². The minimum atomic E-state index is 0.595. The van der Waals surface area contributed by atoms with E-state index in [9.17, 15) is 0 Å². The lowest BCUT2D eigenvalue weighted by molar-refractivity contribution is 0.298. The van der Waals surface area contributed by atoms with Crippen molar-refractivity contribution >= 4 is 5.69 Å². The molecule has 0 aliphatic carbocycles. The van der Waals surface area contributed by atoms with Gasteiger partial charge in [-0.3, -0.25) is 0 Å². The van der Waals surface area contributed by atoms with Gasteiger partial charge in [-0.25, -0.2) is 4.98 Å². The molecule has 0 aliphatic rings. The molecule has 0 saturated heterocycles. The Kier molecular flexibility index (Phi) is 3.65. The molecule has 0 fully saturated rings. The molecule has 1 aromatic carbocycles. The van der Waals surface area contributed by atoms with Crippen LogP contribution in [-0.2, 0) is 13.0 Å². The van der Waals surface area contributed by atoms with Gasteiger partial charge in [0.15, 0.2) is 0 Å². The summed E-state index contributed by atoms with van der Waals surface area (Å²) in [4.78, 5) is 4.26. The van der Waals surface area contributed by atoms with E-state index >= 15 is 0 Å². The molecule has 0 atom stereocenters. The van der Waals surface area contributed by atoms with Gasteiger partial charge in [0.1, 0.15) is 18.2 Å². The van der Waals surface area contributed by atoms with Crippen LogP contribution in [0.3, 0.4) is 0 Å². The molecule has 2 aromatic rings. The number of nitrogens with zero attached hydrogens (tertiary/aromatic N) is 2. The van der Waals surface area contributed by atoms with Gasteiger partial charge < -0.3 is 15.0 Å². The lowest BCUT2D eigenvalue weighted by Crippen LogP contribution is -2.10. The number of anilines is 1. The highest BCUT2D eigenvalue weighted by Gasteiger charge is 2.01. The van der Waals surface area contributed by atoms with Crippen LogP contribution in [0.15, 0.2) is 36.7 Å². The monoisotopic (exact) mass is 231 g/mol. The summed E-state index contributed by atoms with van der Waals surface area (Å²) in [5, 5.41) is 0. The average molecular weight is 231 g/mol. The Morgan fingerprint density at radius 1 is 1.35 bits per heavy atom. The van der Waals surface area contributed by atoms with Crippen molar-refractivity contribution in [1.82, 2.24) is 9.55 Å². The third-order valence-corrected chi connectivity index (χ3v) is 2.63. The van der Waals surface area contributed by atoms with E-state index in [0.717, 1.165) is 24.5 Å². The summed E-state index contributed by atoms with van der Waals surface area (Å²) in [5.41, 5.74) is 6.47. The number of nitrogen functional groups attached to an aromatic ring is 1. The van der Waals surface area contributed by atoms with Crippen LogP contribution in [0.25, 0.3) is 0 Å². The molecule has 0 radical (unpaired) electrons. The summed E-state index contributed by atoms with van der Waals surface area (Å²) in [6, 6.07) is 7.53. The van der Waals surface area contributed by atoms with Gasteiger partial charge in [-0.05, 0) is 12.1 Å². The van der Waals surface area contributed by atoms with Gasteiger partial charge in [0.25, 0.3) is 0 Å². The van der Waals surface area contributed by atoms with Gasteiger partial charge >= 0.3 is 0 Å². The second kappa shape index (κ2) is 5.39. The first-order valence-electron chi connectivity index (χ1n) is 5.78. The van der Waals surface area contributed by atoms with Crippen LogP contribution in [0.2, 0.25) is 0 Å². The van der Waals surface area contributed by atoms with Gasteiger partial charge in [0.05, 0.1) is 12.2 Å². The van der Waals surface area contributed by atoms with Crippen LogP contribution in [0.4, 0.5) is 5.69 Å². The maximum atomic E-state index is 5.79. The van der Waals surface area contributed by atoms with E-state index in [4.69, 9.17) is 10.5 Å². The van der Waals surface area contributed by atoms with Crippen molar-refractivity contribution in [2.45, 2.75) is 19.9 Å². The van der Waals surface area contributed by atoms with Crippen molar-refractivity contribution in [2.75, 3.05) is 12.3 Å².